The molecule has 0 atom stereocenters. The molecule has 5 rings (SSSR count). The number of para-hydroxylation sites is 1. The monoisotopic (exact) mass is 664 g/mol. The average molecular weight is 665 g/mol. The van der Waals surface area contributed by atoms with Crippen LogP contribution in [0.1, 0.15) is 64.6 Å². The Hall–Kier alpha value is -3.96. The first kappa shape index (κ1) is 33.4. The molecule has 12 heteroatoms. The molecule has 1 aliphatic rings. The smallest absolute Gasteiger partial charge is 0.410 e. The lowest BCUT2D eigenvalue weighted by Crippen LogP contribution is -2.53. The molecular weight excluding hydrogens is 624 g/mol. The number of nitrogens with zero attached hydrogens (tertiary/aromatic N) is 4. The fourth-order valence-electron chi connectivity index (χ4n) is 6.18. The Balaban J connectivity index is 1.33. The Morgan fingerprint density at radius 2 is 1.78 bits per heavy atom. The largest absolute Gasteiger partial charge is 0.453 e. The van der Waals surface area contributed by atoms with Gasteiger partial charge in [-0.15, -0.1) is 0 Å². The predicted octanol–water partition coefficient (Wildman–Crippen LogP) is 7.61. The first-order valence-corrected chi connectivity index (χ1v) is 17.4. The van der Waals surface area contributed by atoms with Crippen molar-refractivity contribution in [3.8, 4) is 11.1 Å². The topological polar surface area (TPSA) is 126 Å². The predicted molar refractivity (Wildman–Crippen MR) is 183 cm³/mol. The van der Waals surface area contributed by atoms with Crippen LogP contribution < -0.4 is 10.0 Å². The average Bonchev–Trinajstić information content (AvgIpc) is 3.01. The molecule has 1 fully saturated rings. The second kappa shape index (κ2) is 13.4. The van der Waals surface area contributed by atoms with Crippen LogP contribution in [-0.2, 0) is 21.2 Å². The molecule has 10 nitrogen and oxygen atoms in total. The molecule has 244 valence electrons. The van der Waals surface area contributed by atoms with E-state index in [0.717, 1.165) is 59.7 Å². The second-order valence-corrected chi connectivity index (χ2v) is 14.7. The molecule has 0 saturated heterocycles. The van der Waals surface area contributed by atoms with Gasteiger partial charge >= 0.3 is 6.09 Å². The van der Waals surface area contributed by atoms with Crippen molar-refractivity contribution in [2.24, 2.45) is 0 Å². The maximum absolute atomic E-state index is 13.1. The van der Waals surface area contributed by atoms with E-state index in [0.29, 0.717) is 22.4 Å². The number of hydrogen-bond donors (Lipinski definition) is 2. The molecule has 2 heterocycles. The van der Waals surface area contributed by atoms with Gasteiger partial charge in [0, 0.05) is 40.5 Å². The summed E-state index contributed by atoms with van der Waals surface area (Å²) in [5.41, 5.74) is 4.21. The van der Waals surface area contributed by atoms with Gasteiger partial charge in [0.25, 0.3) is 10.0 Å². The molecule has 1 amide bonds. The summed E-state index contributed by atoms with van der Waals surface area (Å²) in [4.78, 5) is 28.4. The van der Waals surface area contributed by atoms with Crippen LogP contribution in [0.4, 0.5) is 16.4 Å². The molecule has 4 aromatic rings. The van der Waals surface area contributed by atoms with Gasteiger partial charge in [0.1, 0.15) is 0 Å². The molecule has 2 aromatic heterocycles. The minimum absolute atomic E-state index is 0.0883. The first-order valence-electron chi connectivity index (χ1n) is 15.5. The number of halogens is 1. The Morgan fingerprint density at radius 3 is 2.41 bits per heavy atom. The highest BCUT2D eigenvalue weighted by Gasteiger charge is 2.36. The van der Waals surface area contributed by atoms with E-state index >= 15 is 0 Å². The number of amides is 1. The second-order valence-electron chi connectivity index (χ2n) is 12.6. The number of hydrogen-bond acceptors (Lipinski definition) is 8. The maximum Gasteiger partial charge on any atom is 0.410 e. The Kier molecular flexibility index (Phi) is 9.74. The van der Waals surface area contributed by atoms with Gasteiger partial charge in [-0.2, -0.15) is 8.42 Å². The van der Waals surface area contributed by atoms with Gasteiger partial charge in [-0.05, 0) is 107 Å². The number of aryl methyl sites for hydroxylation is 2. The van der Waals surface area contributed by atoms with Crippen molar-refractivity contribution in [3.05, 3.63) is 71.0 Å². The van der Waals surface area contributed by atoms with Crippen LogP contribution in [-0.4, -0.2) is 59.1 Å². The van der Waals surface area contributed by atoms with Crippen LogP contribution in [0.25, 0.3) is 22.0 Å². The molecule has 2 aromatic carbocycles. The highest BCUT2D eigenvalue weighted by atomic mass is 35.5. The van der Waals surface area contributed by atoms with E-state index in [2.05, 4.69) is 33.0 Å². The van der Waals surface area contributed by atoms with Gasteiger partial charge in [-0.25, -0.2) is 19.7 Å². The third-order valence-corrected chi connectivity index (χ3v) is 9.99. The number of ether oxygens (including phenoxy) is 1. The number of benzene rings is 2. The van der Waals surface area contributed by atoms with Crippen LogP contribution in [0, 0.1) is 6.92 Å². The number of pyridine rings is 1. The third-order valence-electron chi connectivity index (χ3n) is 8.40. The number of rotatable bonds is 8. The van der Waals surface area contributed by atoms with Crippen LogP contribution in [0.2, 0.25) is 5.02 Å². The molecule has 0 radical (unpaired) electrons. The third kappa shape index (κ3) is 7.20. The van der Waals surface area contributed by atoms with Crippen LogP contribution in [0.15, 0.2) is 59.8 Å². The van der Waals surface area contributed by atoms with Gasteiger partial charge in [0.2, 0.25) is 5.95 Å². The Labute approximate surface area is 276 Å². The lowest BCUT2D eigenvalue weighted by atomic mass is 9.88. The molecular formula is C34H41ClN6O4S. The zero-order valence-corrected chi connectivity index (χ0v) is 28.7. The lowest BCUT2D eigenvalue weighted by molar-refractivity contribution is 0.0440. The van der Waals surface area contributed by atoms with Crippen LogP contribution in [0.3, 0.4) is 0 Å². The van der Waals surface area contributed by atoms with Gasteiger partial charge < -0.3 is 15.0 Å². The van der Waals surface area contributed by atoms with Crippen molar-refractivity contribution in [2.75, 3.05) is 17.1 Å². The van der Waals surface area contributed by atoms with E-state index in [1.165, 1.54) is 13.2 Å². The molecule has 0 bridgehead atoms. The van der Waals surface area contributed by atoms with Gasteiger partial charge in [0.15, 0.2) is 5.03 Å². The van der Waals surface area contributed by atoms with Crippen molar-refractivity contribution < 1.29 is 17.9 Å². The van der Waals surface area contributed by atoms with Crippen molar-refractivity contribution in [3.63, 3.8) is 0 Å². The SMILES string of the molecule is CCc1cc(-c2ccc(S(=O)(=O)Nc3ccccc3Cl)nc2C)cc2cnc(NC3CCC(N(C(=O)OC)C(C)(C)C)CC3)nc12. The van der Waals surface area contributed by atoms with Gasteiger partial charge in [-0.1, -0.05) is 30.7 Å². The summed E-state index contributed by atoms with van der Waals surface area (Å²) in [6.45, 7) is 9.98. The van der Waals surface area contributed by atoms with E-state index in [1.54, 1.807) is 37.3 Å². The van der Waals surface area contributed by atoms with Crippen molar-refractivity contribution in [1.82, 2.24) is 19.9 Å². The first-order chi connectivity index (χ1) is 21.8. The summed E-state index contributed by atoms with van der Waals surface area (Å²) in [5.74, 6) is 0.581. The molecule has 46 heavy (non-hydrogen) atoms. The normalized spacial score (nSPS) is 17.0. The summed E-state index contributed by atoms with van der Waals surface area (Å²) in [5, 5.41) is 4.63. The highest BCUT2D eigenvalue weighted by molar-refractivity contribution is 7.92. The molecule has 0 spiro atoms. The number of carbonyl (C=O) groups is 1. The van der Waals surface area contributed by atoms with Gasteiger partial charge in [-0.3, -0.25) is 4.72 Å². The number of sulfonamides is 1. The number of fused-ring (bicyclic) bond motifs is 1. The zero-order valence-electron chi connectivity index (χ0n) is 27.1. The summed E-state index contributed by atoms with van der Waals surface area (Å²) >= 11 is 6.15. The van der Waals surface area contributed by atoms with Crippen molar-refractivity contribution in [2.45, 2.75) is 89.4 Å². The summed E-state index contributed by atoms with van der Waals surface area (Å²) in [7, 11) is -2.50. The number of carbonyl (C=O) groups excluding carboxylic acids is 1. The van der Waals surface area contributed by atoms with E-state index < -0.39 is 10.0 Å². The fourth-order valence-corrected chi connectivity index (χ4v) is 7.49. The molecule has 1 aliphatic carbocycles. The summed E-state index contributed by atoms with van der Waals surface area (Å²) < 4.78 is 33.7. The standard InChI is InChI=1S/C34H41ClN6O4S/c1-7-22-18-23(27-16-17-30(37-21(27)2)46(43,44)40-29-11-9-8-10-28(29)35)19-24-20-36-32(39-31(22)24)38-25-12-14-26(15-13-25)41(33(42)45-6)34(3,4)5/h8-11,16-20,25-26,40H,7,12-15H2,1-6H3,(H,36,38,39). The Morgan fingerprint density at radius 1 is 1.07 bits per heavy atom. The number of anilines is 2. The zero-order chi connectivity index (χ0) is 33.2. The van der Waals surface area contributed by atoms with Gasteiger partial charge in [0.05, 0.1) is 23.3 Å². The van der Waals surface area contributed by atoms with E-state index in [4.69, 9.17) is 21.3 Å². The summed E-state index contributed by atoms with van der Waals surface area (Å²) in [6, 6.07) is 14.4. The van der Waals surface area contributed by atoms with E-state index in [9.17, 15) is 13.2 Å². The van der Waals surface area contributed by atoms with Crippen LogP contribution >= 0.6 is 11.6 Å². The number of methoxy groups -OCH3 is 1. The van der Waals surface area contributed by atoms with Crippen molar-refractivity contribution in [1.29, 1.82) is 0 Å². The molecule has 0 aliphatic heterocycles. The van der Waals surface area contributed by atoms with E-state index in [-0.39, 0.29) is 28.7 Å². The Bertz CT molecular complexity index is 1850. The fraction of sp³-hybridized carbons (Fsp3) is 0.412. The number of aromatic nitrogens is 3. The van der Waals surface area contributed by atoms with Crippen LogP contribution in [0.5, 0.6) is 0 Å². The minimum Gasteiger partial charge on any atom is -0.453 e. The quantitative estimate of drug-likeness (QED) is 0.197. The minimum atomic E-state index is -3.94. The van der Waals surface area contributed by atoms with E-state index in [1.807, 2.05) is 37.9 Å². The molecule has 2 N–H and O–H groups in total. The highest BCUT2D eigenvalue weighted by Crippen LogP contribution is 2.33. The lowest BCUT2D eigenvalue weighted by Gasteiger charge is -2.43. The maximum atomic E-state index is 13.1. The molecule has 0 unspecified atom stereocenters. The van der Waals surface area contributed by atoms with Crippen molar-refractivity contribution >= 4 is 50.3 Å². The number of nitrogens with one attached hydrogen (secondary N) is 2. The molecule has 1 saturated carbocycles. The summed E-state index contributed by atoms with van der Waals surface area (Å²) in [6.07, 6.45) is 5.80.